The molecule has 2 N–H and O–H groups in total. The first-order valence-corrected chi connectivity index (χ1v) is 8.47. The molecule has 1 saturated carbocycles. The molecule has 130 valence electrons. The summed E-state index contributed by atoms with van der Waals surface area (Å²) in [6, 6.07) is 7.30. The fourth-order valence-corrected chi connectivity index (χ4v) is 3.09. The molecule has 1 fully saturated rings. The summed E-state index contributed by atoms with van der Waals surface area (Å²) in [5.74, 6) is 0.942. The Labute approximate surface area is 150 Å². The SMILES string of the molecule is N#Cc1ccc(O[C@H]2CC[C@H](NC(O)c3nccnn3)CC2)cc1Cl. The molecular weight excluding hydrogens is 342 g/mol. The van der Waals surface area contributed by atoms with Crippen LogP contribution in [0, 0.1) is 11.3 Å². The van der Waals surface area contributed by atoms with Crippen molar-refractivity contribution in [3.63, 3.8) is 0 Å². The molecule has 1 unspecified atom stereocenters. The van der Waals surface area contributed by atoms with Gasteiger partial charge in [-0.1, -0.05) is 11.6 Å². The lowest BCUT2D eigenvalue weighted by Crippen LogP contribution is -2.38. The molecule has 2 aromatic rings. The fraction of sp³-hybridized carbons (Fsp3) is 0.412. The summed E-state index contributed by atoms with van der Waals surface area (Å²) in [6.07, 6.45) is 5.58. The fourth-order valence-electron chi connectivity index (χ4n) is 2.88. The van der Waals surface area contributed by atoms with Gasteiger partial charge in [0.1, 0.15) is 11.8 Å². The maximum absolute atomic E-state index is 10.1. The molecule has 7 nitrogen and oxygen atoms in total. The second-order valence-corrected chi connectivity index (χ2v) is 6.32. The number of nitriles is 1. The Hall–Kier alpha value is -2.27. The van der Waals surface area contributed by atoms with Gasteiger partial charge < -0.3 is 9.84 Å². The maximum atomic E-state index is 10.1. The molecule has 0 amide bonds. The highest BCUT2D eigenvalue weighted by Crippen LogP contribution is 2.27. The van der Waals surface area contributed by atoms with E-state index in [9.17, 15) is 5.11 Å². The van der Waals surface area contributed by atoms with E-state index in [1.165, 1.54) is 12.4 Å². The topological polar surface area (TPSA) is 104 Å². The number of aliphatic hydroxyl groups is 1. The zero-order valence-corrected chi connectivity index (χ0v) is 14.2. The van der Waals surface area contributed by atoms with Crippen LogP contribution in [-0.2, 0) is 0 Å². The molecule has 1 aromatic carbocycles. The van der Waals surface area contributed by atoms with Gasteiger partial charge in [0.05, 0.1) is 22.9 Å². The third-order valence-electron chi connectivity index (χ3n) is 4.18. The van der Waals surface area contributed by atoms with E-state index in [1.807, 2.05) is 6.07 Å². The normalized spacial score (nSPS) is 21.3. The number of nitrogens with one attached hydrogen (secondary N) is 1. The summed E-state index contributed by atoms with van der Waals surface area (Å²) < 4.78 is 5.95. The summed E-state index contributed by atoms with van der Waals surface area (Å²) in [5.41, 5.74) is 0.438. The molecule has 1 aliphatic carbocycles. The predicted molar refractivity (Wildman–Crippen MR) is 90.8 cm³/mol. The minimum Gasteiger partial charge on any atom is -0.490 e. The highest BCUT2D eigenvalue weighted by Gasteiger charge is 2.25. The molecule has 25 heavy (non-hydrogen) atoms. The number of hydrogen-bond donors (Lipinski definition) is 2. The second-order valence-electron chi connectivity index (χ2n) is 5.92. The second kappa shape index (κ2) is 8.21. The molecule has 0 saturated heterocycles. The molecule has 8 heteroatoms. The molecular formula is C17H18ClN5O2. The number of ether oxygens (including phenoxy) is 1. The Morgan fingerprint density at radius 1 is 1.28 bits per heavy atom. The molecule has 0 radical (unpaired) electrons. The Kier molecular flexibility index (Phi) is 5.76. The van der Waals surface area contributed by atoms with Gasteiger partial charge in [-0.2, -0.15) is 10.4 Å². The Balaban J connectivity index is 1.49. The molecule has 0 aliphatic heterocycles. The quantitative estimate of drug-likeness (QED) is 0.789. The molecule has 1 atom stereocenters. The average Bonchev–Trinajstić information content (AvgIpc) is 2.64. The lowest BCUT2D eigenvalue weighted by atomic mass is 9.93. The van der Waals surface area contributed by atoms with Gasteiger partial charge >= 0.3 is 0 Å². The van der Waals surface area contributed by atoms with E-state index in [2.05, 4.69) is 20.5 Å². The predicted octanol–water partition coefficient (Wildman–Crippen LogP) is 2.37. The molecule has 1 aromatic heterocycles. The van der Waals surface area contributed by atoms with Gasteiger partial charge in [0, 0.05) is 18.3 Å². The van der Waals surface area contributed by atoms with Crippen LogP contribution in [0.25, 0.3) is 0 Å². The third kappa shape index (κ3) is 4.63. The van der Waals surface area contributed by atoms with Crippen LogP contribution in [0.5, 0.6) is 5.75 Å². The summed E-state index contributed by atoms with van der Waals surface area (Å²) in [5, 5.41) is 30.0. The van der Waals surface area contributed by atoms with Crippen LogP contribution in [0.3, 0.4) is 0 Å². The van der Waals surface area contributed by atoms with E-state index in [-0.39, 0.29) is 18.0 Å². The number of benzene rings is 1. The summed E-state index contributed by atoms with van der Waals surface area (Å²) in [7, 11) is 0. The molecule has 0 spiro atoms. The van der Waals surface area contributed by atoms with Crippen LogP contribution < -0.4 is 10.1 Å². The van der Waals surface area contributed by atoms with Gasteiger partial charge in [-0.25, -0.2) is 4.98 Å². The van der Waals surface area contributed by atoms with Crippen molar-refractivity contribution in [3.05, 3.63) is 47.0 Å². The zero-order valence-electron chi connectivity index (χ0n) is 13.5. The minimum atomic E-state index is -0.923. The van der Waals surface area contributed by atoms with Crippen molar-refractivity contribution in [1.82, 2.24) is 20.5 Å². The zero-order chi connectivity index (χ0) is 17.6. The van der Waals surface area contributed by atoms with Crippen molar-refractivity contribution in [2.24, 2.45) is 0 Å². The van der Waals surface area contributed by atoms with E-state index in [4.69, 9.17) is 21.6 Å². The van der Waals surface area contributed by atoms with E-state index in [1.54, 1.807) is 18.2 Å². The Bertz CT molecular complexity index is 744. The number of halogens is 1. The van der Waals surface area contributed by atoms with Crippen LogP contribution in [0.15, 0.2) is 30.6 Å². The van der Waals surface area contributed by atoms with Gasteiger partial charge in [0.2, 0.25) is 0 Å². The average molecular weight is 360 g/mol. The standard InChI is InChI=1S/C17H18ClN5O2/c18-15-9-14(4-1-11(15)10-19)25-13-5-2-12(3-6-13)22-17(24)16-20-7-8-21-23-16/h1,4,7-9,12-13,17,22,24H,2-3,5-6H2/t12-,13-,17?. The smallest absolute Gasteiger partial charge is 0.194 e. The molecule has 1 heterocycles. The lowest BCUT2D eigenvalue weighted by molar-refractivity contribution is 0.0827. The molecule has 1 aliphatic rings. The van der Waals surface area contributed by atoms with Crippen molar-refractivity contribution in [3.8, 4) is 11.8 Å². The first kappa shape index (κ1) is 17.5. The van der Waals surface area contributed by atoms with Gasteiger partial charge in [-0.3, -0.25) is 5.32 Å². The minimum absolute atomic E-state index is 0.0915. The van der Waals surface area contributed by atoms with Crippen LogP contribution in [0.2, 0.25) is 5.02 Å². The van der Waals surface area contributed by atoms with Gasteiger partial charge in [0.25, 0.3) is 0 Å². The van der Waals surface area contributed by atoms with Gasteiger partial charge in [0.15, 0.2) is 12.1 Å². The number of rotatable bonds is 5. The lowest BCUT2D eigenvalue weighted by Gasteiger charge is -2.30. The number of aromatic nitrogens is 3. The number of nitrogens with zero attached hydrogens (tertiary/aromatic N) is 4. The maximum Gasteiger partial charge on any atom is 0.194 e. The summed E-state index contributed by atoms with van der Waals surface area (Å²) >= 11 is 6.03. The van der Waals surface area contributed by atoms with Crippen molar-refractivity contribution >= 4 is 11.6 Å². The van der Waals surface area contributed by atoms with Crippen LogP contribution >= 0.6 is 11.6 Å². The van der Waals surface area contributed by atoms with E-state index in [0.29, 0.717) is 16.3 Å². The van der Waals surface area contributed by atoms with Crippen molar-refractivity contribution < 1.29 is 9.84 Å². The largest absolute Gasteiger partial charge is 0.490 e. The number of aliphatic hydroxyl groups excluding tert-OH is 1. The highest BCUT2D eigenvalue weighted by molar-refractivity contribution is 6.31. The van der Waals surface area contributed by atoms with Gasteiger partial charge in [-0.05, 0) is 37.8 Å². The van der Waals surface area contributed by atoms with Crippen molar-refractivity contribution in [2.75, 3.05) is 0 Å². The summed E-state index contributed by atoms with van der Waals surface area (Å²) in [6.45, 7) is 0. The first-order chi connectivity index (χ1) is 12.2. The highest BCUT2D eigenvalue weighted by atomic mass is 35.5. The van der Waals surface area contributed by atoms with E-state index in [0.717, 1.165) is 25.7 Å². The van der Waals surface area contributed by atoms with Crippen LogP contribution in [-0.4, -0.2) is 32.4 Å². The summed E-state index contributed by atoms with van der Waals surface area (Å²) in [4.78, 5) is 3.99. The van der Waals surface area contributed by atoms with Crippen molar-refractivity contribution in [2.45, 2.75) is 44.1 Å². The number of hydrogen-bond acceptors (Lipinski definition) is 7. The van der Waals surface area contributed by atoms with Crippen LogP contribution in [0.1, 0.15) is 43.3 Å². The van der Waals surface area contributed by atoms with Crippen molar-refractivity contribution in [1.29, 1.82) is 5.26 Å². The third-order valence-corrected chi connectivity index (χ3v) is 4.49. The molecule has 3 rings (SSSR count). The Morgan fingerprint density at radius 3 is 2.72 bits per heavy atom. The monoisotopic (exact) mass is 359 g/mol. The first-order valence-electron chi connectivity index (χ1n) is 8.09. The molecule has 0 bridgehead atoms. The van der Waals surface area contributed by atoms with E-state index < -0.39 is 6.23 Å². The Morgan fingerprint density at radius 2 is 2.08 bits per heavy atom. The van der Waals surface area contributed by atoms with Crippen LogP contribution in [0.4, 0.5) is 0 Å². The van der Waals surface area contributed by atoms with Gasteiger partial charge in [-0.15, -0.1) is 5.10 Å². The van der Waals surface area contributed by atoms with E-state index >= 15 is 0 Å².